The summed E-state index contributed by atoms with van der Waals surface area (Å²) >= 11 is 0. The number of ether oxygens (including phenoxy) is 1. The number of aryl methyl sites for hydroxylation is 1. The number of esters is 1. The summed E-state index contributed by atoms with van der Waals surface area (Å²) in [7, 11) is 0. The van der Waals surface area contributed by atoms with Crippen molar-refractivity contribution in [2.75, 3.05) is 6.54 Å². The summed E-state index contributed by atoms with van der Waals surface area (Å²) in [5.41, 5.74) is 1.18. The van der Waals surface area contributed by atoms with Gasteiger partial charge in [0.2, 0.25) is 5.91 Å². The zero-order valence-electron chi connectivity index (χ0n) is 21.3. The van der Waals surface area contributed by atoms with E-state index in [0.29, 0.717) is 38.6 Å². The van der Waals surface area contributed by atoms with Gasteiger partial charge in [0.05, 0.1) is 12.2 Å². The number of aliphatic hydroxyl groups is 2. The van der Waals surface area contributed by atoms with E-state index in [1.165, 1.54) is 5.56 Å². The van der Waals surface area contributed by atoms with E-state index in [0.717, 1.165) is 25.7 Å². The van der Waals surface area contributed by atoms with Crippen LogP contribution in [0.5, 0.6) is 0 Å². The fourth-order valence-electron chi connectivity index (χ4n) is 4.59. The average Bonchev–Trinajstić information content (AvgIpc) is 3.13. The first-order chi connectivity index (χ1) is 16.9. The molecule has 1 aromatic rings. The number of benzene rings is 1. The Morgan fingerprint density at radius 1 is 1.17 bits per heavy atom. The number of unbranched alkanes of at least 4 members (excludes halogenated alkanes) is 1. The fraction of sp³-hybridized carbons (Fsp3) is 0.586. The highest BCUT2D eigenvalue weighted by molar-refractivity contribution is 5.75. The standard InChI is InChI=1S/C29H43NO5/c1-3-12-29(34)35-27-21-26(32)24(15-10-5-6-11-16-28(33)30-4-2)25(27)20-19-23(31)18-17-22-13-8-7-9-14-22/h5,7-10,13-14,19-20,23-27,31-32H,3-4,6,11-12,15-18,21H2,1-2H3,(H,30,33)/b10-5-,20-19+/t23-,24+,25+,26-,27+/m0/s1. The van der Waals surface area contributed by atoms with Crippen molar-refractivity contribution in [1.82, 2.24) is 5.32 Å². The monoisotopic (exact) mass is 485 g/mol. The molecular formula is C29H43NO5. The van der Waals surface area contributed by atoms with E-state index in [1.807, 2.05) is 50.3 Å². The number of allylic oxidation sites excluding steroid dienone is 2. The zero-order valence-corrected chi connectivity index (χ0v) is 21.3. The molecule has 1 saturated carbocycles. The van der Waals surface area contributed by atoms with Gasteiger partial charge in [-0.1, -0.05) is 61.6 Å². The van der Waals surface area contributed by atoms with E-state index in [9.17, 15) is 19.8 Å². The fourth-order valence-corrected chi connectivity index (χ4v) is 4.59. The number of rotatable bonds is 15. The Hall–Kier alpha value is -2.44. The van der Waals surface area contributed by atoms with E-state index in [4.69, 9.17) is 4.74 Å². The maximum Gasteiger partial charge on any atom is 0.306 e. The minimum Gasteiger partial charge on any atom is -0.462 e. The SMILES string of the molecule is CCCC(=O)O[C@@H]1C[C@H](O)[C@H](C/C=C\CCCC(=O)NCC)[C@H]1/C=C/[C@@H](O)CCc1ccccc1. The van der Waals surface area contributed by atoms with Gasteiger partial charge in [0.25, 0.3) is 0 Å². The van der Waals surface area contributed by atoms with E-state index in [1.54, 1.807) is 6.08 Å². The van der Waals surface area contributed by atoms with Crippen LogP contribution in [0.1, 0.15) is 70.8 Å². The van der Waals surface area contributed by atoms with Gasteiger partial charge in [-0.05, 0) is 56.9 Å². The molecule has 0 bridgehead atoms. The summed E-state index contributed by atoms with van der Waals surface area (Å²) in [6.45, 7) is 4.49. The van der Waals surface area contributed by atoms with Gasteiger partial charge in [0.15, 0.2) is 0 Å². The van der Waals surface area contributed by atoms with Gasteiger partial charge in [0, 0.05) is 31.7 Å². The van der Waals surface area contributed by atoms with Crippen LogP contribution in [-0.4, -0.2) is 46.9 Å². The molecule has 194 valence electrons. The van der Waals surface area contributed by atoms with Crippen molar-refractivity contribution in [3.8, 4) is 0 Å². The molecule has 0 heterocycles. The minimum atomic E-state index is -0.606. The van der Waals surface area contributed by atoms with Crippen LogP contribution in [0.3, 0.4) is 0 Å². The molecule has 35 heavy (non-hydrogen) atoms. The molecule has 1 aromatic carbocycles. The largest absolute Gasteiger partial charge is 0.462 e. The van der Waals surface area contributed by atoms with Crippen LogP contribution in [0.15, 0.2) is 54.6 Å². The number of nitrogens with one attached hydrogen (secondary N) is 1. The topological polar surface area (TPSA) is 95.9 Å². The van der Waals surface area contributed by atoms with E-state index in [2.05, 4.69) is 17.5 Å². The van der Waals surface area contributed by atoms with Crippen molar-refractivity contribution in [2.45, 2.75) is 89.9 Å². The predicted molar refractivity (Wildman–Crippen MR) is 139 cm³/mol. The molecule has 1 aliphatic rings. The van der Waals surface area contributed by atoms with Crippen molar-refractivity contribution in [3.05, 3.63) is 60.2 Å². The molecule has 6 heteroatoms. The highest BCUT2D eigenvalue weighted by Crippen LogP contribution is 2.38. The lowest BCUT2D eigenvalue weighted by Crippen LogP contribution is -2.24. The second-order valence-electron chi connectivity index (χ2n) is 9.35. The van der Waals surface area contributed by atoms with E-state index in [-0.39, 0.29) is 23.7 Å². The third-order valence-corrected chi connectivity index (χ3v) is 6.48. The highest BCUT2D eigenvalue weighted by atomic mass is 16.5. The molecule has 6 nitrogen and oxygen atoms in total. The van der Waals surface area contributed by atoms with Crippen LogP contribution in [0, 0.1) is 11.8 Å². The molecule has 1 aliphatic carbocycles. The summed E-state index contributed by atoms with van der Waals surface area (Å²) in [4.78, 5) is 23.7. The van der Waals surface area contributed by atoms with Gasteiger partial charge in [-0.15, -0.1) is 0 Å². The molecule has 1 fully saturated rings. The molecule has 0 unspecified atom stereocenters. The van der Waals surface area contributed by atoms with Crippen LogP contribution >= 0.6 is 0 Å². The molecule has 2 rings (SSSR count). The van der Waals surface area contributed by atoms with Gasteiger partial charge in [-0.3, -0.25) is 9.59 Å². The molecule has 5 atom stereocenters. The van der Waals surface area contributed by atoms with Crippen molar-refractivity contribution in [2.24, 2.45) is 11.8 Å². The lowest BCUT2D eigenvalue weighted by molar-refractivity contribution is -0.150. The van der Waals surface area contributed by atoms with Gasteiger partial charge in [0.1, 0.15) is 6.10 Å². The van der Waals surface area contributed by atoms with Crippen molar-refractivity contribution in [1.29, 1.82) is 0 Å². The smallest absolute Gasteiger partial charge is 0.306 e. The molecule has 0 aliphatic heterocycles. The summed E-state index contributed by atoms with van der Waals surface area (Å²) in [6.07, 6.45) is 11.8. The normalized spacial score (nSPS) is 23.1. The van der Waals surface area contributed by atoms with Gasteiger partial charge in [-0.2, -0.15) is 0 Å². The second-order valence-corrected chi connectivity index (χ2v) is 9.35. The van der Waals surface area contributed by atoms with Gasteiger partial charge in [-0.25, -0.2) is 0 Å². The van der Waals surface area contributed by atoms with Gasteiger partial charge >= 0.3 is 5.97 Å². The molecule has 1 amide bonds. The molecule has 0 spiro atoms. The maximum atomic E-state index is 12.2. The quantitative estimate of drug-likeness (QED) is 0.193. The number of aliphatic hydroxyl groups excluding tert-OH is 2. The number of carbonyl (C=O) groups excluding carboxylic acids is 2. The summed E-state index contributed by atoms with van der Waals surface area (Å²) in [5, 5.41) is 24.1. The second kappa shape index (κ2) is 16.3. The number of hydrogen-bond acceptors (Lipinski definition) is 5. The highest BCUT2D eigenvalue weighted by Gasteiger charge is 2.42. The summed E-state index contributed by atoms with van der Waals surface area (Å²) in [5.74, 6) is -0.419. The number of carbonyl (C=O) groups is 2. The van der Waals surface area contributed by atoms with Crippen molar-refractivity contribution in [3.63, 3.8) is 0 Å². The van der Waals surface area contributed by atoms with Crippen molar-refractivity contribution >= 4 is 11.9 Å². The molecular weight excluding hydrogens is 442 g/mol. The Bertz CT molecular complexity index is 807. The molecule has 0 aromatic heterocycles. The Balaban J connectivity index is 1.96. The van der Waals surface area contributed by atoms with Crippen LogP contribution in [0.4, 0.5) is 0 Å². The lowest BCUT2D eigenvalue weighted by atomic mass is 9.89. The maximum absolute atomic E-state index is 12.2. The first-order valence-electron chi connectivity index (χ1n) is 13.1. The minimum absolute atomic E-state index is 0.0693. The lowest BCUT2D eigenvalue weighted by Gasteiger charge is -2.22. The molecule has 3 N–H and O–H groups in total. The van der Waals surface area contributed by atoms with Gasteiger partial charge < -0.3 is 20.3 Å². The average molecular weight is 486 g/mol. The van der Waals surface area contributed by atoms with Crippen molar-refractivity contribution < 1.29 is 24.5 Å². The molecule has 0 saturated heterocycles. The number of hydrogen-bond donors (Lipinski definition) is 3. The predicted octanol–water partition coefficient (Wildman–Crippen LogP) is 4.50. The summed E-state index contributed by atoms with van der Waals surface area (Å²) < 4.78 is 5.72. The Morgan fingerprint density at radius 2 is 1.94 bits per heavy atom. The van der Waals surface area contributed by atoms with Crippen LogP contribution in [0.2, 0.25) is 0 Å². The van der Waals surface area contributed by atoms with Crippen LogP contribution in [-0.2, 0) is 20.7 Å². The summed E-state index contributed by atoms with van der Waals surface area (Å²) in [6, 6.07) is 10.1. The van der Waals surface area contributed by atoms with E-state index < -0.39 is 18.3 Å². The number of amides is 1. The van der Waals surface area contributed by atoms with Crippen LogP contribution in [0.25, 0.3) is 0 Å². The first kappa shape index (κ1) is 28.8. The third kappa shape index (κ3) is 10.8. The third-order valence-electron chi connectivity index (χ3n) is 6.48. The Kier molecular flexibility index (Phi) is 13.4. The zero-order chi connectivity index (χ0) is 25.5. The Labute approximate surface area is 210 Å². The first-order valence-corrected chi connectivity index (χ1v) is 13.1. The Morgan fingerprint density at radius 3 is 2.66 bits per heavy atom. The van der Waals surface area contributed by atoms with Crippen LogP contribution < -0.4 is 5.32 Å². The molecule has 0 radical (unpaired) electrons. The van der Waals surface area contributed by atoms with E-state index >= 15 is 0 Å².